The molecule has 8 nitrogen and oxygen atoms in total. The van der Waals surface area contributed by atoms with Gasteiger partial charge in [-0.05, 0) is 41.5 Å². The minimum absolute atomic E-state index is 0.0706. The Morgan fingerprint density at radius 1 is 0.385 bits per heavy atom. The van der Waals surface area contributed by atoms with Crippen LogP contribution in [0.25, 0.3) is 22.3 Å². The average molecular weight is 529 g/mol. The van der Waals surface area contributed by atoms with Crippen molar-refractivity contribution in [2.24, 2.45) is 0 Å². The lowest BCUT2D eigenvalue weighted by molar-refractivity contribution is -0.0980. The quantitative estimate of drug-likeness (QED) is 0.134. The van der Waals surface area contributed by atoms with Crippen LogP contribution in [-0.2, 0) is 4.79 Å². The maximum atomic E-state index is 9.62. The Bertz CT molecular complexity index is 1440. The van der Waals surface area contributed by atoms with E-state index in [2.05, 4.69) is 0 Å². The lowest BCUT2D eigenvalue weighted by Crippen LogP contribution is -1.79. The van der Waals surface area contributed by atoms with Crippen molar-refractivity contribution in [1.29, 1.82) is 0 Å². The molecule has 39 heavy (non-hydrogen) atoms. The van der Waals surface area contributed by atoms with E-state index in [1.54, 1.807) is 24.3 Å². The standard InChI is InChI=1S/C12H10O3.C12H10O2.C6H6O2.CH2O/c13-10-7-6-9(11(14)12(10)15)8-4-2-1-3-5-8;13-11-8-4-7-10(12(11)14)9-5-2-1-3-6-9;7-5-2-1-3-6(8)4-5;1-2/h1-7,13-15H;1-8,13-14H;1-4,7-8H;1H2. The van der Waals surface area contributed by atoms with Gasteiger partial charge in [0.1, 0.15) is 18.3 Å². The lowest BCUT2D eigenvalue weighted by Gasteiger charge is -2.07. The van der Waals surface area contributed by atoms with Gasteiger partial charge in [0.2, 0.25) is 5.75 Å². The van der Waals surface area contributed by atoms with E-state index in [9.17, 15) is 20.4 Å². The first-order valence-corrected chi connectivity index (χ1v) is 11.4. The zero-order chi connectivity index (χ0) is 28.8. The highest BCUT2D eigenvalue weighted by molar-refractivity contribution is 5.75. The molecule has 5 aromatic carbocycles. The van der Waals surface area contributed by atoms with E-state index in [4.69, 9.17) is 20.1 Å². The summed E-state index contributed by atoms with van der Waals surface area (Å²) in [5.74, 6) is -1.11. The van der Waals surface area contributed by atoms with Crippen LogP contribution in [-0.4, -0.2) is 42.5 Å². The fraction of sp³-hybridized carbons (Fsp3) is 0. The van der Waals surface area contributed by atoms with Crippen LogP contribution >= 0.6 is 0 Å². The Morgan fingerprint density at radius 3 is 1.28 bits per heavy atom. The molecule has 0 saturated carbocycles. The second-order valence-corrected chi connectivity index (χ2v) is 7.75. The number of para-hydroxylation sites is 1. The van der Waals surface area contributed by atoms with E-state index >= 15 is 0 Å². The van der Waals surface area contributed by atoms with Crippen LogP contribution in [0.1, 0.15) is 0 Å². The molecule has 0 unspecified atom stereocenters. The van der Waals surface area contributed by atoms with E-state index in [1.807, 2.05) is 67.5 Å². The Labute approximate surface area is 225 Å². The van der Waals surface area contributed by atoms with E-state index in [1.165, 1.54) is 30.3 Å². The Morgan fingerprint density at radius 2 is 0.821 bits per heavy atom. The summed E-state index contributed by atoms with van der Waals surface area (Å²) in [6, 6.07) is 32.3. The number of phenols is 7. The maximum Gasteiger partial charge on any atom is 0.200 e. The normalized spacial score (nSPS) is 9.44. The zero-order valence-corrected chi connectivity index (χ0v) is 20.7. The van der Waals surface area contributed by atoms with Gasteiger partial charge in [-0.15, -0.1) is 0 Å². The lowest BCUT2D eigenvalue weighted by atomic mass is 10.0. The molecule has 8 heteroatoms. The van der Waals surface area contributed by atoms with Crippen molar-refractivity contribution in [3.63, 3.8) is 0 Å². The first-order valence-electron chi connectivity index (χ1n) is 11.4. The maximum absolute atomic E-state index is 9.62. The Kier molecular flexibility index (Phi) is 11.2. The molecular formula is C31H28O8. The van der Waals surface area contributed by atoms with Crippen molar-refractivity contribution in [2.75, 3.05) is 0 Å². The van der Waals surface area contributed by atoms with Gasteiger partial charge in [-0.2, -0.15) is 0 Å². The van der Waals surface area contributed by atoms with Crippen LogP contribution in [0.2, 0.25) is 0 Å². The molecule has 5 rings (SSSR count). The van der Waals surface area contributed by atoms with Crippen LogP contribution in [0, 0.1) is 0 Å². The third-order valence-electron chi connectivity index (χ3n) is 5.14. The average Bonchev–Trinajstić information content (AvgIpc) is 2.96. The molecule has 200 valence electrons. The molecular weight excluding hydrogens is 500 g/mol. The third kappa shape index (κ3) is 8.47. The monoisotopic (exact) mass is 528 g/mol. The summed E-state index contributed by atoms with van der Waals surface area (Å²) >= 11 is 0. The topological polar surface area (TPSA) is 159 Å². The molecule has 0 aliphatic rings. The van der Waals surface area contributed by atoms with E-state index in [0.29, 0.717) is 11.1 Å². The second-order valence-electron chi connectivity index (χ2n) is 7.75. The molecule has 0 saturated heterocycles. The zero-order valence-electron chi connectivity index (χ0n) is 20.7. The van der Waals surface area contributed by atoms with Gasteiger partial charge in [0.25, 0.3) is 0 Å². The number of hydrogen-bond donors (Lipinski definition) is 7. The van der Waals surface area contributed by atoms with Crippen LogP contribution in [0.15, 0.2) is 115 Å². The summed E-state index contributed by atoms with van der Waals surface area (Å²) < 4.78 is 0. The molecule has 0 fully saturated rings. The minimum Gasteiger partial charge on any atom is -0.508 e. The first kappa shape index (κ1) is 29.6. The van der Waals surface area contributed by atoms with Crippen molar-refractivity contribution in [3.8, 4) is 62.5 Å². The fourth-order valence-corrected chi connectivity index (χ4v) is 3.29. The predicted octanol–water partition coefficient (Wildman–Crippen LogP) is 6.15. The van der Waals surface area contributed by atoms with Crippen molar-refractivity contribution < 1.29 is 40.5 Å². The van der Waals surface area contributed by atoms with Gasteiger partial charge in [-0.1, -0.05) is 78.9 Å². The Balaban J connectivity index is 0.000000207. The number of aromatic hydroxyl groups is 7. The summed E-state index contributed by atoms with van der Waals surface area (Å²) in [7, 11) is 0. The van der Waals surface area contributed by atoms with Crippen molar-refractivity contribution in [1.82, 2.24) is 0 Å². The summed E-state index contributed by atoms with van der Waals surface area (Å²) in [6.45, 7) is 2.00. The SMILES string of the molecule is C=O.Oc1ccc(-c2ccccc2)c(O)c1O.Oc1cccc(-c2ccccc2)c1O.Oc1cccc(O)c1. The summed E-state index contributed by atoms with van der Waals surface area (Å²) in [4.78, 5) is 8.00. The molecule has 7 N–H and O–H groups in total. The van der Waals surface area contributed by atoms with Gasteiger partial charge in [-0.25, -0.2) is 0 Å². The van der Waals surface area contributed by atoms with E-state index in [-0.39, 0.29) is 34.5 Å². The molecule has 0 heterocycles. The second kappa shape index (κ2) is 14.8. The number of hydrogen-bond acceptors (Lipinski definition) is 8. The smallest absolute Gasteiger partial charge is 0.200 e. The number of rotatable bonds is 2. The summed E-state index contributed by atoms with van der Waals surface area (Å²) in [5, 5.41) is 64.4. The molecule has 0 aliphatic heterocycles. The van der Waals surface area contributed by atoms with Gasteiger partial charge in [0.15, 0.2) is 23.0 Å². The van der Waals surface area contributed by atoms with Gasteiger partial charge < -0.3 is 40.5 Å². The van der Waals surface area contributed by atoms with Crippen LogP contribution in [0.3, 0.4) is 0 Å². The Hall–Kier alpha value is -5.63. The molecule has 0 aromatic heterocycles. The number of carbonyl (C=O) groups excluding carboxylic acids is 1. The third-order valence-corrected chi connectivity index (χ3v) is 5.14. The molecule has 0 atom stereocenters. The largest absolute Gasteiger partial charge is 0.508 e. The van der Waals surface area contributed by atoms with Gasteiger partial charge in [0, 0.05) is 17.2 Å². The minimum atomic E-state index is -0.489. The number of carbonyl (C=O) groups is 1. The highest BCUT2D eigenvalue weighted by atomic mass is 16.3. The highest BCUT2D eigenvalue weighted by Crippen LogP contribution is 2.41. The first-order chi connectivity index (χ1) is 18.8. The molecule has 0 bridgehead atoms. The molecule has 0 amide bonds. The van der Waals surface area contributed by atoms with Gasteiger partial charge >= 0.3 is 0 Å². The molecule has 0 radical (unpaired) electrons. The molecule has 0 aliphatic carbocycles. The highest BCUT2D eigenvalue weighted by Gasteiger charge is 2.11. The van der Waals surface area contributed by atoms with Crippen LogP contribution < -0.4 is 0 Å². The van der Waals surface area contributed by atoms with Crippen molar-refractivity contribution >= 4 is 6.79 Å². The van der Waals surface area contributed by atoms with Crippen molar-refractivity contribution in [3.05, 3.63) is 115 Å². The van der Waals surface area contributed by atoms with E-state index < -0.39 is 5.75 Å². The summed E-state index contributed by atoms with van der Waals surface area (Å²) in [5.41, 5.74) is 2.81. The van der Waals surface area contributed by atoms with Gasteiger partial charge in [-0.3, -0.25) is 0 Å². The molecule has 0 spiro atoms. The van der Waals surface area contributed by atoms with Crippen LogP contribution in [0.4, 0.5) is 0 Å². The van der Waals surface area contributed by atoms with E-state index in [0.717, 1.165) is 11.1 Å². The van der Waals surface area contributed by atoms with Crippen molar-refractivity contribution in [2.45, 2.75) is 0 Å². The predicted molar refractivity (Wildman–Crippen MR) is 149 cm³/mol. The van der Waals surface area contributed by atoms with Crippen LogP contribution in [0.5, 0.6) is 40.2 Å². The number of benzene rings is 5. The summed E-state index contributed by atoms with van der Waals surface area (Å²) in [6.07, 6.45) is 0. The molecule has 5 aromatic rings. The van der Waals surface area contributed by atoms with Gasteiger partial charge in [0.05, 0.1) is 0 Å². The fourth-order valence-electron chi connectivity index (χ4n) is 3.29. The number of phenolic OH excluding ortho intramolecular Hbond substituents is 7.